The summed E-state index contributed by atoms with van der Waals surface area (Å²) < 4.78 is 50.2. The molecular weight excluding hydrogens is 419 g/mol. The van der Waals surface area contributed by atoms with E-state index in [1.165, 1.54) is 18.4 Å². The monoisotopic (exact) mass is 437 g/mol. The number of aromatic nitrogens is 2. The summed E-state index contributed by atoms with van der Waals surface area (Å²) in [5, 5.41) is 5.83. The number of alkyl halides is 3. The summed E-state index contributed by atoms with van der Waals surface area (Å²) in [5.74, 6) is -0.406. The Labute approximate surface area is 173 Å². The van der Waals surface area contributed by atoms with Crippen LogP contribution < -0.4 is 15.0 Å². The summed E-state index contributed by atoms with van der Waals surface area (Å²) in [7, 11) is 1.52. The number of rotatable bonds is 4. The molecule has 6 rings (SSSR count). The maximum absolute atomic E-state index is 13.3. The third-order valence-electron chi connectivity index (χ3n) is 5.41. The van der Waals surface area contributed by atoms with E-state index in [-0.39, 0.29) is 22.7 Å². The molecule has 2 atom stereocenters. The minimum Gasteiger partial charge on any atom is -0.422 e. The predicted octanol–water partition coefficient (Wildman–Crippen LogP) is 3.84. The number of ether oxygens (including phenoxy) is 1. The molecule has 0 radical (unpaired) electrons. The number of halogens is 3. The zero-order valence-electron chi connectivity index (χ0n) is 16.2. The van der Waals surface area contributed by atoms with E-state index in [0.29, 0.717) is 41.5 Å². The molecule has 7 nitrogen and oxygen atoms in total. The van der Waals surface area contributed by atoms with E-state index < -0.39 is 12.1 Å². The van der Waals surface area contributed by atoms with Gasteiger partial charge in [-0.3, -0.25) is 4.99 Å². The molecule has 2 bridgehead atoms. The molecule has 3 saturated heterocycles. The van der Waals surface area contributed by atoms with Crippen molar-refractivity contribution in [1.82, 2.24) is 15.3 Å². The zero-order chi connectivity index (χ0) is 21.0. The molecule has 3 aliphatic heterocycles. The predicted molar refractivity (Wildman–Crippen MR) is 107 cm³/mol. The molecular formula is C19H18F3N5O2S. The Morgan fingerprint density at radius 3 is 2.70 bits per heavy atom. The normalized spacial score (nSPS) is 21.8. The summed E-state index contributed by atoms with van der Waals surface area (Å²) in [6.45, 7) is 3.00. The van der Waals surface area contributed by atoms with Gasteiger partial charge in [-0.15, -0.1) is 24.5 Å². The first kappa shape index (κ1) is 19.3. The molecule has 30 heavy (non-hydrogen) atoms. The number of benzene rings is 1. The summed E-state index contributed by atoms with van der Waals surface area (Å²) in [4.78, 5) is 14.8. The van der Waals surface area contributed by atoms with Crippen molar-refractivity contribution in [2.75, 3.05) is 25.0 Å². The van der Waals surface area contributed by atoms with Gasteiger partial charge in [0.1, 0.15) is 5.01 Å². The lowest BCUT2D eigenvalue weighted by atomic mass is 9.92. The lowest BCUT2D eigenvalue weighted by Gasteiger charge is -2.47. The second-order valence-electron chi connectivity index (χ2n) is 7.37. The van der Waals surface area contributed by atoms with Crippen molar-refractivity contribution in [2.45, 2.75) is 31.8 Å². The van der Waals surface area contributed by atoms with Crippen LogP contribution in [-0.4, -0.2) is 54.3 Å². The Hall–Kier alpha value is -2.66. The number of aliphatic imine (C=N–C) groups is 1. The first-order chi connectivity index (χ1) is 14.3. The molecule has 3 fully saturated rings. The molecule has 0 aliphatic carbocycles. The van der Waals surface area contributed by atoms with Gasteiger partial charge in [-0.2, -0.15) is 4.98 Å². The minimum absolute atomic E-state index is 0.0141. The van der Waals surface area contributed by atoms with Crippen molar-refractivity contribution in [3.05, 3.63) is 23.2 Å². The summed E-state index contributed by atoms with van der Waals surface area (Å²) in [5.41, 5.74) is 1.39. The van der Waals surface area contributed by atoms with E-state index in [9.17, 15) is 13.2 Å². The number of oxazole rings is 1. The van der Waals surface area contributed by atoms with E-state index in [0.717, 1.165) is 6.42 Å². The second kappa shape index (κ2) is 6.95. The first-order valence-electron chi connectivity index (χ1n) is 9.40. The van der Waals surface area contributed by atoms with E-state index >= 15 is 0 Å². The van der Waals surface area contributed by atoms with Gasteiger partial charge in [0.05, 0.1) is 5.56 Å². The van der Waals surface area contributed by atoms with Crippen LogP contribution in [0.25, 0.3) is 21.7 Å². The fourth-order valence-electron chi connectivity index (χ4n) is 3.98. The zero-order valence-corrected chi connectivity index (χ0v) is 17.0. The quantitative estimate of drug-likeness (QED) is 0.625. The molecule has 0 saturated carbocycles. The van der Waals surface area contributed by atoms with Crippen molar-refractivity contribution in [3.8, 4) is 16.3 Å². The number of anilines is 1. The number of piperidine rings is 1. The van der Waals surface area contributed by atoms with Gasteiger partial charge in [0, 0.05) is 55.1 Å². The molecule has 1 aromatic carbocycles. The topological polar surface area (TPSA) is 75.8 Å². The van der Waals surface area contributed by atoms with Crippen LogP contribution in [0.4, 0.5) is 19.2 Å². The first-order valence-corrected chi connectivity index (χ1v) is 10.3. The Morgan fingerprint density at radius 2 is 2.10 bits per heavy atom. The van der Waals surface area contributed by atoms with Crippen LogP contribution in [0.1, 0.15) is 18.9 Å². The van der Waals surface area contributed by atoms with Crippen LogP contribution in [-0.2, 0) is 0 Å². The molecule has 11 heteroatoms. The Morgan fingerprint density at radius 1 is 1.37 bits per heavy atom. The molecule has 0 amide bonds. The van der Waals surface area contributed by atoms with Gasteiger partial charge < -0.3 is 19.4 Å². The van der Waals surface area contributed by atoms with Crippen molar-refractivity contribution < 1.29 is 22.3 Å². The molecule has 2 aromatic heterocycles. The largest absolute Gasteiger partial charge is 0.573 e. The van der Waals surface area contributed by atoms with E-state index in [1.54, 1.807) is 24.6 Å². The van der Waals surface area contributed by atoms with E-state index in [2.05, 4.69) is 25.0 Å². The van der Waals surface area contributed by atoms with Gasteiger partial charge in [-0.25, -0.2) is 4.98 Å². The SMILES string of the molecule is CN=C(C)c1cc(-c2nccs2)c2oc(N3CC4CC(C3)N4)nc2c1OC(F)(F)F. The van der Waals surface area contributed by atoms with Gasteiger partial charge in [-0.1, -0.05) is 0 Å². The number of fused-ring (bicyclic) bond motifs is 3. The highest BCUT2D eigenvalue weighted by atomic mass is 32.1. The van der Waals surface area contributed by atoms with Crippen molar-refractivity contribution in [2.24, 2.45) is 4.99 Å². The van der Waals surface area contributed by atoms with Crippen LogP contribution in [0, 0.1) is 0 Å². The van der Waals surface area contributed by atoms with Gasteiger partial charge in [0.15, 0.2) is 16.8 Å². The minimum atomic E-state index is -4.88. The highest BCUT2D eigenvalue weighted by Gasteiger charge is 2.39. The maximum atomic E-state index is 13.3. The Kier molecular flexibility index (Phi) is 4.47. The molecule has 3 aliphatic rings. The van der Waals surface area contributed by atoms with E-state index in [1.807, 2.05) is 4.90 Å². The summed E-state index contributed by atoms with van der Waals surface area (Å²) in [6, 6.07) is 2.55. The lowest BCUT2D eigenvalue weighted by Crippen LogP contribution is -2.67. The van der Waals surface area contributed by atoms with Crippen LogP contribution in [0.15, 0.2) is 27.1 Å². The van der Waals surface area contributed by atoms with Gasteiger partial charge in [-0.05, 0) is 19.4 Å². The van der Waals surface area contributed by atoms with Crippen molar-refractivity contribution >= 4 is 34.2 Å². The maximum Gasteiger partial charge on any atom is 0.573 e. The number of hydrogen-bond donors (Lipinski definition) is 1. The smallest absolute Gasteiger partial charge is 0.422 e. The number of thiazole rings is 1. The highest BCUT2D eigenvalue weighted by Crippen LogP contribution is 2.42. The molecule has 5 heterocycles. The Bertz CT molecular complexity index is 1110. The second-order valence-corrected chi connectivity index (χ2v) is 8.26. The average Bonchev–Trinajstić information content (AvgIpc) is 3.36. The van der Waals surface area contributed by atoms with E-state index in [4.69, 9.17) is 4.42 Å². The lowest BCUT2D eigenvalue weighted by molar-refractivity contribution is -0.274. The molecule has 1 N–H and O–H groups in total. The van der Waals surface area contributed by atoms with Gasteiger partial charge in [0.2, 0.25) is 0 Å². The van der Waals surface area contributed by atoms with Crippen LogP contribution in [0.2, 0.25) is 0 Å². The fraction of sp³-hybridized carbons (Fsp3) is 0.421. The summed E-state index contributed by atoms with van der Waals surface area (Å²) in [6.07, 6.45) is -2.17. The van der Waals surface area contributed by atoms with Crippen LogP contribution in [0.5, 0.6) is 5.75 Å². The van der Waals surface area contributed by atoms with Gasteiger partial charge >= 0.3 is 6.36 Å². The standard InChI is InChI=1S/C19H18F3N5O2S/c1-9(23-2)12-6-13(17-24-3-4-30-17)15-14(16(12)29-19(20,21)22)26-18(28-15)27-7-10-5-11(8-27)25-10/h3-4,6,10-11,25H,5,7-8H2,1-2H3. The van der Waals surface area contributed by atoms with Crippen LogP contribution in [0.3, 0.4) is 0 Å². The van der Waals surface area contributed by atoms with Crippen molar-refractivity contribution in [1.29, 1.82) is 0 Å². The molecule has 0 spiro atoms. The third kappa shape index (κ3) is 3.31. The number of nitrogens with one attached hydrogen (secondary N) is 1. The molecule has 158 valence electrons. The number of nitrogens with zero attached hydrogens (tertiary/aromatic N) is 4. The summed E-state index contributed by atoms with van der Waals surface area (Å²) >= 11 is 1.36. The third-order valence-corrected chi connectivity index (χ3v) is 6.21. The Balaban J connectivity index is 1.73. The van der Waals surface area contributed by atoms with Gasteiger partial charge in [0.25, 0.3) is 6.01 Å². The molecule has 3 aromatic rings. The average molecular weight is 437 g/mol. The number of piperazine rings is 1. The highest BCUT2D eigenvalue weighted by molar-refractivity contribution is 7.13. The number of hydrogen-bond acceptors (Lipinski definition) is 8. The van der Waals surface area contributed by atoms with Crippen molar-refractivity contribution in [3.63, 3.8) is 0 Å². The van der Waals surface area contributed by atoms with Crippen LogP contribution >= 0.6 is 11.3 Å². The molecule has 2 unspecified atom stereocenters. The fourth-order valence-corrected chi connectivity index (χ4v) is 4.63.